The third-order valence-electron chi connectivity index (χ3n) is 7.72. The molecule has 47 heavy (non-hydrogen) atoms. The standard InChI is InChI=1S/C35H34FN5O6/c1-23-19-33(42)41(39-34(23)35(43)38-24-7-4-3-5-8-24)25-9-10-30(27(36)20-25)47-29-11-12-37-28-22-32(31(44-2)21-26(28)29)46-16-6-13-40-14-17-45-18-15-40/h3-5,7-12,19-22H,6,13-18H2,1-2H3,(H,38,43). The third kappa shape index (κ3) is 7.40. The van der Waals surface area contributed by atoms with Crippen molar-refractivity contribution >= 4 is 22.5 Å². The Labute approximate surface area is 270 Å². The first-order chi connectivity index (χ1) is 22.9. The van der Waals surface area contributed by atoms with Gasteiger partial charge < -0.3 is 24.3 Å². The minimum absolute atomic E-state index is 0.0341. The smallest absolute Gasteiger partial charge is 0.276 e. The van der Waals surface area contributed by atoms with E-state index in [1.54, 1.807) is 62.7 Å². The van der Waals surface area contributed by atoms with Crippen molar-refractivity contribution in [1.82, 2.24) is 19.7 Å². The van der Waals surface area contributed by atoms with E-state index in [9.17, 15) is 9.59 Å². The Morgan fingerprint density at radius 2 is 1.79 bits per heavy atom. The molecule has 0 radical (unpaired) electrons. The fraction of sp³-hybridized carbons (Fsp3) is 0.257. The molecular weight excluding hydrogens is 605 g/mol. The molecule has 1 aliphatic heterocycles. The van der Waals surface area contributed by atoms with Crippen LogP contribution in [0.25, 0.3) is 16.6 Å². The van der Waals surface area contributed by atoms with Crippen molar-refractivity contribution in [2.24, 2.45) is 0 Å². The Morgan fingerprint density at radius 3 is 2.55 bits per heavy atom. The summed E-state index contributed by atoms with van der Waals surface area (Å²) < 4.78 is 39.5. The molecule has 1 fully saturated rings. The molecule has 1 amide bonds. The number of ether oxygens (including phenoxy) is 4. The Hall–Kier alpha value is -5.33. The Balaban J connectivity index is 1.19. The maximum atomic E-state index is 15.5. The van der Waals surface area contributed by atoms with Crippen LogP contribution in [0, 0.1) is 12.7 Å². The van der Waals surface area contributed by atoms with Gasteiger partial charge in [-0.3, -0.25) is 19.5 Å². The van der Waals surface area contributed by atoms with Crippen LogP contribution in [-0.2, 0) is 4.74 Å². The number of halogens is 1. The zero-order valence-electron chi connectivity index (χ0n) is 26.1. The van der Waals surface area contributed by atoms with Crippen molar-refractivity contribution in [2.45, 2.75) is 13.3 Å². The number of nitrogens with one attached hydrogen (secondary N) is 1. The summed E-state index contributed by atoms with van der Waals surface area (Å²) in [6.07, 6.45) is 2.41. The van der Waals surface area contributed by atoms with Crippen molar-refractivity contribution in [1.29, 1.82) is 0 Å². The van der Waals surface area contributed by atoms with Crippen molar-refractivity contribution in [3.05, 3.63) is 106 Å². The summed E-state index contributed by atoms with van der Waals surface area (Å²) in [5.74, 6) is 0.0910. The van der Waals surface area contributed by atoms with Gasteiger partial charge in [-0.15, -0.1) is 0 Å². The SMILES string of the molecule is COc1cc2c(Oc3ccc(-n4nc(C(=O)Nc5ccccc5)c(C)cc4=O)cc3F)ccnc2cc1OCCCN1CCOCC1. The molecule has 0 spiro atoms. The average Bonchev–Trinajstić information content (AvgIpc) is 3.08. The van der Waals surface area contributed by atoms with Gasteiger partial charge in [-0.1, -0.05) is 18.2 Å². The van der Waals surface area contributed by atoms with Gasteiger partial charge in [0.2, 0.25) is 0 Å². The summed E-state index contributed by atoms with van der Waals surface area (Å²) in [6, 6.07) is 19.3. The van der Waals surface area contributed by atoms with Crippen LogP contribution in [0.15, 0.2) is 83.8 Å². The predicted octanol–water partition coefficient (Wildman–Crippen LogP) is 5.38. The quantitative estimate of drug-likeness (QED) is 0.190. The molecule has 6 rings (SSSR count). The lowest BCUT2D eigenvalue weighted by Crippen LogP contribution is -2.37. The number of methoxy groups -OCH3 is 1. The predicted molar refractivity (Wildman–Crippen MR) is 175 cm³/mol. The number of rotatable bonds is 11. The monoisotopic (exact) mass is 639 g/mol. The number of carbonyl (C=O) groups excluding carboxylic acids is 1. The molecule has 0 saturated carbocycles. The summed E-state index contributed by atoms with van der Waals surface area (Å²) in [7, 11) is 1.55. The molecule has 5 aromatic rings. The van der Waals surface area contributed by atoms with E-state index < -0.39 is 17.3 Å². The lowest BCUT2D eigenvalue weighted by Gasteiger charge is -2.26. The topological polar surface area (TPSA) is 117 Å². The number of pyridine rings is 1. The molecule has 1 aliphatic rings. The van der Waals surface area contributed by atoms with Crippen molar-refractivity contribution in [2.75, 3.05) is 51.9 Å². The van der Waals surface area contributed by atoms with Crippen LogP contribution >= 0.6 is 0 Å². The molecule has 0 bridgehead atoms. The van der Waals surface area contributed by atoms with Gasteiger partial charge in [0.15, 0.2) is 28.8 Å². The molecule has 3 heterocycles. The highest BCUT2D eigenvalue weighted by Gasteiger charge is 2.18. The number of carbonyl (C=O) groups is 1. The van der Waals surface area contributed by atoms with E-state index in [2.05, 4.69) is 20.3 Å². The lowest BCUT2D eigenvalue weighted by molar-refractivity contribution is 0.0357. The van der Waals surface area contributed by atoms with Gasteiger partial charge >= 0.3 is 0 Å². The number of hydrogen-bond donors (Lipinski definition) is 1. The van der Waals surface area contributed by atoms with Crippen molar-refractivity contribution in [3.63, 3.8) is 0 Å². The van der Waals surface area contributed by atoms with Gasteiger partial charge in [-0.2, -0.15) is 9.78 Å². The molecule has 1 N–H and O–H groups in total. The molecular formula is C35H34FN5O6. The zero-order chi connectivity index (χ0) is 32.8. The van der Waals surface area contributed by atoms with Gasteiger partial charge in [-0.05, 0) is 55.3 Å². The largest absolute Gasteiger partial charge is 0.493 e. The second kappa shape index (κ2) is 14.4. The first-order valence-electron chi connectivity index (χ1n) is 15.2. The number of nitrogens with zero attached hydrogens (tertiary/aromatic N) is 4. The first-order valence-corrected chi connectivity index (χ1v) is 15.2. The second-order valence-corrected chi connectivity index (χ2v) is 10.9. The maximum absolute atomic E-state index is 15.5. The van der Waals surface area contributed by atoms with Gasteiger partial charge in [0.25, 0.3) is 11.5 Å². The highest BCUT2D eigenvalue weighted by Crippen LogP contribution is 2.37. The number of aromatic nitrogens is 3. The van der Waals surface area contributed by atoms with Crippen LogP contribution in [0.5, 0.6) is 23.0 Å². The Morgan fingerprint density at radius 1 is 0.979 bits per heavy atom. The number of fused-ring (bicyclic) bond motifs is 1. The minimum Gasteiger partial charge on any atom is -0.493 e. The van der Waals surface area contributed by atoms with Gasteiger partial charge in [0, 0.05) is 55.1 Å². The molecule has 12 heteroatoms. The number of para-hydroxylation sites is 1. The highest BCUT2D eigenvalue weighted by molar-refractivity contribution is 6.03. The number of aryl methyl sites for hydroxylation is 1. The minimum atomic E-state index is -0.732. The fourth-order valence-corrected chi connectivity index (χ4v) is 5.27. The van der Waals surface area contributed by atoms with Crippen LogP contribution in [0.1, 0.15) is 22.5 Å². The molecule has 242 valence electrons. The number of morpholine rings is 1. The first kappa shape index (κ1) is 31.6. The summed E-state index contributed by atoms with van der Waals surface area (Å²) in [4.78, 5) is 32.6. The molecule has 0 atom stereocenters. The van der Waals surface area contributed by atoms with Crippen LogP contribution in [0.4, 0.5) is 10.1 Å². The van der Waals surface area contributed by atoms with Crippen LogP contribution < -0.4 is 25.1 Å². The molecule has 1 saturated heterocycles. The van der Waals surface area contributed by atoms with E-state index >= 15 is 4.39 Å². The lowest BCUT2D eigenvalue weighted by atomic mass is 10.1. The Bertz CT molecular complexity index is 1950. The van der Waals surface area contributed by atoms with E-state index in [1.807, 2.05) is 6.07 Å². The second-order valence-electron chi connectivity index (χ2n) is 10.9. The third-order valence-corrected chi connectivity index (χ3v) is 7.72. The van der Waals surface area contributed by atoms with Crippen molar-refractivity contribution < 1.29 is 28.1 Å². The summed E-state index contributed by atoms with van der Waals surface area (Å²) in [5, 5.41) is 7.61. The summed E-state index contributed by atoms with van der Waals surface area (Å²) >= 11 is 0. The summed E-state index contributed by atoms with van der Waals surface area (Å²) in [5.41, 5.74) is 1.20. The maximum Gasteiger partial charge on any atom is 0.276 e. The summed E-state index contributed by atoms with van der Waals surface area (Å²) in [6.45, 7) is 6.39. The fourth-order valence-electron chi connectivity index (χ4n) is 5.27. The van der Waals surface area contributed by atoms with E-state index in [-0.39, 0.29) is 17.1 Å². The number of amides is 1. The average molecular weight is 640 g/mol. The van der Waals surface area contributed by atoms with Crippen LogP contribution in [-0.4, -0.2) is 72.1 Å². The van der Waals surface area contributed by atoms with Gasteiger partial charge in [-0.25, -0.2) is 4.39 Å². The molecule has 2 aromatic heterocycles. The zero-order valence-corrected chi connectivity index (χ0v) is 26.1. The number of benzene rings is 3. The van der Waals surface area contributed by atoms with E-state index in [1.165, 1.54) is 18.2 Å². The van der Waals surface area contributed by atoms with Gasteiger partial charge in [0.1, 0.15) is 5.75 Å². The molecule has 11 nitrogen and oxygen atoms in total. The van der Waals surface area contributed by atoms with Crippen molar-refractivity contribution in [3.8, 4) is 28.7 Å². The van der Waals surface area contributed by atoms with E-state index in [0.29, 0.717) is 46.0 Å². The van der Waals surface area contributed by atoms with Gasteiger partial charge in [0.05, 0.1) is 38.1 Å². The molecule has 0 aliphatic carbocycles. The highest BCUT2D eigenvalue weighted by atomic mass is 19.1. The Kier molecular flexibility index (Phi) is 9.69. The normalized spacial score (nSPS) is 13.3. The molecule has 0 unspecified atom stereocenters. The number of hydrogen-bond acceptors (Lipinski definition) is 9. The number of anilines is 1. The van der Waals surface area contributed by atoms with Crippen LogP contribution in [0.2, 0.25) is 0 Å². The van der Waals surface area contributed by atoms with E-state index in [4.69, 9.17) is 18.9 Å². The van der Waals surface area contributed by atoms with E-state index in [0.717, 1.165) is 50.0 Å². The van der Waals surface area contributed by atoms with Crippen LogP contribution in [0.3, 0.4) is 0 Å². The molecule has 3 aromatic carbocycles.